The Labute approximate surface area is 112 Å². The van der Waals surface area contributed by atoms with Gasteiger partial charge in [0.25, 0.3) is 0 Å². The maximum atomic E-state index is 6.07. The van der Waals surface area contributed by atoms with Crippen LogP contribution in [0.5, 0.6) is 0 Å². The first-order chi connectivity index (χ1) is 7.49. The average Bonchev–Trinajstić information content (AvgIpc) is 2.44. The lowest BCUT2D eigenvalue weighted by Crippen LogP contribution is -2.32. The number of thiophene rings is 1. The summed E-state index contributed by atoms with van der Waals surface area (Å²) in [6.45, 7) is 7.14. The summed E-state index contributed by atoms with van der Waals surface area (Å²) >= 11 is 13.4. The first-order valence-corrected chi connectivity index (χ1v) is 6.92. The molecular weight excluding hydrogens is 263 g/mol. The van der Waals surface area contributed by atoms with Gasteiger partial charge in [-0.2, -0.15) is 0 Å². The van der Waals surface area contributed by atoms with Crippen LogP contribution in [0.25, 0.3) is 0 Å². The Kier molecular flexibility index (Phi) is 6.08. The fourth-order valence-electron chi connectivity index (χ4n) is 1.40. The smallest absolute Gasteiger partial charge is 0.0989 e. The van der Waals surface area contributed by atoms with Gasteiger partial charge in [-0.05, 0) is 18.7 Å². The van der Waals surface area contributed by atoms with Crippen molar-refractivity contribution in [3.05, 3.63) is 20.3 Å². The second-order valence-electron chi connectivity index (χ2n) is 4.20. The molecule has 1 aromatic rings. The molecule has 1 N–H and O–H groups in total. The van der Waals surface area contributed by atoms with Crippen molar-refractivity contribution in [2.24, 2.45) is 0 Å². The van der Waals surface area contributed by atoms with Gasteiger partial charge in [0, 0.05) is 25.7 Å². The Morgan fingerprint density at radius 3 is 2.62 bits per heavy atom. The molecule has 0 spiro atoms. The SMILES string of the molecule is CC(C)NCCN(C)Cc1cc(Cl)sc1Cl. The third-order valence-corrected chi connectivity index (χ3v) is 3.78. The number of rotatable bonds is 6. The second-order valence-corrected chi connectivity index (χ2v) is 6.48. The van der Waals surface area contributed by atoms with Gasteiger partial charge in [0.15, 0.2) is 0 Å². The van der Waals surface area contributed by atoms with E-state index in [4.69, 9.17) is 23.2 Å². The van der Waals surface area contributed by atoms with Crippen molar-refractivity contribution in [3.63, 3.8) is 0 Å². The molecule has 0 saturated heterocycles. The van der Waals surface area contributed by atoms with Crippen molar-refractivity contribution in [1.82, 2.24) is 10.2 Å². The molecule has 0 amide bonds. The van der Waals surface area contributed by atoms with Crippen LogP contribution in [0, 0.1) is 0 Å². The zero-order valence-electron chi connectivity index (χ0n) is 9.89. The van der Waals surface area contributed by atoms with E-state index in [0.29, 0.717) is 6.04 Å². The highest BCUT2D eigenvalue weighted by Gasteiger charge is 2.08. The highest BCUT2D eigenvalue weighted by atomic mass is 35.5. The standard InChI is InChI=1S/C11H18Cl2N2S/c1-8(2)14-4-5-15(3)7-9-6-10(12)16-11(9)13/h6,8,14H,4-5,7H2,1-3H3. The maximum Gasteiger partial charge on any atom is 0.0989 e. The van der Waals surface area contributed by atoms with Crippen molar-refractivity contribution in [3.8, 4) is 0 Å². The molecule has 0 unspecified atom stereocenters. The van der Waals surface area contributed by atoms with E-state index in [9.17, 15) is 0 Å². The van der Waals surface area contributed by atoms with Crippen molar-refractivity contribution < 1.29 is 0 Å². The number of hydrogen-bond acceptors (Lipinski definition) is 3. The molecule has 0 aromatic carbocycles. The number of likely N-dealkylation sites (N-methyl/N-ethyl adjacent to an activating group) is 1. The molecule has 0 bridgehead atoms. The summed E-state index contributed by atoms with van der Waals surface area (Å²) < 4.78 is 1.56. The molecule has 0 fully saturated rings. The molecular formula is C11H18Cl2N2S. The summed E-state index contributed by atoms with van der Waals surface area (Å²) in [4.78, 5) is 2.24. The zero-order valence-corrected chi connectivity index (χ0v) is 12.2. The molecule has 5 heteroatoms. The minimum absolute atomic E-state index is 0.535. The Morgan fingerprint density at radius 1 is 1.44 bits per heavy atom. The average molecular weight is 281 g/mol. The van der Waals surface area contributed by atoms with Crippen LogP contribution < -0.4 is 5.32 Å². The Bertz CT molecular complexity index is 326. The minimum Gasteiger partial charge on any atom is -0.313 e. The van der Waals surface area contributed by atoms with E-state index in [2.05, 4.69) is 31.1 Å². The normalized spacial score (nSPS) is 11.7. The molecule has 2 nitrogen and oxygen atoms in total. The Hall–Kier alpha value is 0.200. The van der Waals surface area contributed by atoms with Crippen molar-refractivity contribution >= 4 is 34.5 Å². The quantitative estimate of drug-likeness (QED) is 0.858. The number of hydrogen-bond donors (Lipinski definition) is 1. The molecule has 92 valence electrons. The predicted molar refractivity (Wildman–Crippen MR) is 73.8 cm³/mol. The van der Waals surface area contributed by atoms with E-state index in [1.165, 1.54) is 11.3 Å². The van der Waals surface area contributed by atoms with Gasteiger partial charge >= 0.3 is 0 Å². The molecule has 0 aliphatic heterocycles. The molecule has 0 radical (unpaired) electrons. The van der Waals surface area contributed by atoms with Crippen molar-refractivity contribution in [2.45, 2.75) is 26.4 Å². The maximum absolute atomic E-state index is 6.07. The predicted octanol–water partition coefficient (Wildman–Crippen LogP) is 3.48. The van der Waals surface area contributed by atoms with E-state index in [1.807, 2.05) is 6.07 Å². The molecule has 0 aliphatic carbocycles. The van der Waals surface area contributed by atoms with Crippen LogP contribution in [-0.2, 0) is 6.54 Å². The fraction of sp³-hybridized carbons (Fsp3) is 0.636. The Balaban J connectivity index is 2.34. The van der Waals surface area contributed by atoms with Gasteiger partial charge in [0.2, 0.25) is 0 Å². The summed E-state index contributed by atoms with van der Waals surface area (Å²) in [6, 6.07) is 2.48. The Morgan fingerprint density at radius 2 is 2.12 bits per heavy atom. The van der Waals surface area contributed by atoms with Crippen molar-refractivity contribution in [1.29, 1.82) is 0 Å². The van der Waals surface area contributed by atoms with Gasteiger partial charge in [0.05, 0.1) is 8.67 Å². The lowest BCUT2D eigenvalue weighted by Gasteiger charge is -2.17. The summed E-state index contributed by atoms with van der Waals surface area (Å²) in [5.74, 6) is 0. The molecule has 0 saturated carbocycles. The first-order valence-electron chi connectivity index (χ1n) is 5.34. The zero-order chi connectivity index (χ0) is 12.1. The van der Waals surface area contributed by atoms with E-state index < -0.39 is 0 Å². The molecule has 1 rings (SSSR count). The van der Waals surface area contributed by atoms with Gasteiger partial charge in [-0.1, -0.05) is 37.0 Å². The number of halogens is 2. The molecule has 1 heterocycles. The third kappa shape index (κ3) is 5.02. The van der Waals surface area contributed by atoms with Crippen LogP contribution in [0.15, 0.2) is 6.07 Å². The van der Waals surface area contributed by atoms with E-state index in [1.54, 1.807) is 0 Å². The minimum atomic E-state index is 0.535. The topological polar surface area (TPSA) is 15.3 Å². The number of nitrogens with zero attached hydrogens (tertiary/aromatic N) is 1. The monoisotopic (exact) mass is 280 g/mol. The van der Waals surface area contributed by atoms with Gasteiger partial charge in [-0.25, -0.2) is 0 Å². The van der Waals surface area contributed by atoms with E-state index in [0.717, 1.165) is 33.9 Å². The van der Waals surface area contributed by atoms with Crippen LogP contribution in [0.4, 0.5) is 0 Å². The van der Waals surface area contributed by atoms with Crippen LogP contribution in [-0.4, -0.2) is 31.1 Å². The third-order valence-electron chi connectivity index (χ3n) is 2.21. The van der Waals surface area contributed by atoms with Crippen LogP contribution in [0.2, 0.25) is 8.67 Å². The van der Waals surface area contributed by atoms with Gasteiger partial charge in [-0.3, -0.25) is 0 Å². The van der Waals surface area contributed by atoms with Crippen LogP contribution >= 0.6 is 34.5 Å². The van der Waals surface area contributed by atoms with Crippen molar-refractivity contribution in [2.75, 3.05) is 20.1 Å². The van der Waals surface area contributed by atoms with Gasteiger partial charge in [0.1, 0.15) is 0 Å². The summed E-state index contributed by atoms with van der Waals surface area (Å²) in [5, 5.41) is 3.38. The first kappa shape index (κ1) is 14.3. The van der Waals surface area contributed by atoms with Crippen LogP contribution in [0.3, 0.4) is 0 Å². The lowest BCUT2D eigenvalue weighted by atomic mass is 10.3. The van der Waals surface area contributed by atoms with Gasteiger partial charge in [-0.15, -0.1) is 11.3 Å². The lowest BCUT2D eigenvalue weighted by molar-refractivity contribution is 0.320. The summed E-state index contributed by atoms with van der Waals surface area (Å²) in [5.41, 5.74) is 1.11. The molecule has 1 aromatic heterocycles. The summed E-state index contributed by atoms with van der Waals surface area (Å²) in [6.07, 6.45) is 0. The second kappa shape index (κ2) is 6.82. The van der Waals surface area contributed by atoms with Gasteiger partial charge < -0.3 is 10.2 Å². The number of nitrogens with one attached hydrogen (secondary N) is 1. The molecule has 16 heavy (non-hydrogen) atoms. The summed E-state index contributed by atoms with van der Waals surface area (Å²) in [7, 11) is 2.09. The molecule has 0 atom stereocenters. The molecule has 0 aliphatic rings. The highest BCUT2D eigenvalue weighted by molar-refractivity contribution is 7.20. The van der Waals surface area contributed by atoms with E-state index in [-0.39, 0.29) is 0 Å². The largest absolute Gasteiger partial charge is 0.313 e. The van der Waals surface area contributed by atoms with Crippen LogP contribution in [0.1, 0.15) is 19.4 Å². The van der Waals surface area contributed by atoms with E-state index >= 15 is 0 Å². The fourth-order valence-corrected chi connectivity index (χ4v) is 2.87. The highest BCUT2D eigenvalue weighted by Crippen LogP contribution is 2.31.